The van der Waals surface area contributed by atoms with Crippen molar-refractivity contribution in [3.8, 4) is 0 Å². The van der Waals surface area contributed by atoms with E-state index in [1.165, 1.54) is 19.3 Å². The van der Waals surface area contributed by atoms with Crippen LogP contribution in [0.15, 0.2) is 0 Å². The first-order valence-corrected chi connectivity index (χ1v) is 4.53. The Balaban J connectivity index is 2.05. The summed E-state index contributed by atoms with van der Waals surface area (Å²) in [5.74, 6) is 0.892. The molecule has 0 spiro atoms. The van der Waals surface area contributed by atoms with E-state index in [0.29, 0.717) is 10.9 Å². The molecule has 1 nitrogen and oxygen atoms in total. The van der Waals surface area contributed by atoms with Crippen molar-refractivity contribution in [3.05, 3.63) is 0 Å². The average Bonchev–Trinajstić information content (AvgIpc) is 2.25. The molecule has 52 valence electrons. The van der Waals surface area contributed by atoms with Crippen molar-refractivity contribution in [1.82, 2.24) is 0 Å². The lowest BCUT2D eigenvalue weighted by Gasteiger charge is -2.21. The lowest BCUT2D eigenvalue weighted by atomic mass is 9.91. The molecule has 1 saturated heterocycles. The van der Waals surface area contributed by atoms with Crippen molar-refractivity contribution >= 4 is 15.9 Å². The van der Waals surface area contributed by atoms with Crippen LogP contribution in [-0.4, -0.2) is 17.5 Å². The zero-order chi connectivity index (χ0) is 6.27. The first kappa shape index (κ1) is 6.17. The zero-order valence-electron chi connectivity index (χ0n) is 5.35. The Morgan fingerprint density at radius 3 is 3.00 bits per heavy atom. The number of hydrogen-bond donors (Lipinski definition) is 0. The summed E-state index contributed by atoms with van der Waals surface area (Å²) in [6.07, 6.45) is 4.53. The van der Waals surface area contributed by atoms with E-state index in [1.807, 2.05) is 0 Å². The molecule has 0 aromatic heterocycles. The highest BCUT2D eigenvalue weighted by Gasteiger charge is 2.35. The first-order valence-electron chi connectivity index (χ1n) is 3.62. The summed E-state index contributed by atoms with van der Waals surface area (Å²) in [6, 6.07) is 0. The molecule has 0 radical (unpaired) electrons. The van der Waals surface area contributed by atoms with E-state index in [2.05, 4.69) is 15.9 Å². The van der Waals surface area contributed by atoms with Gasteiger partial charge in [0.2, 0.25) is 0 Å². The summed E-state index contributed by atoms with van der Waals surface area (Å²) in [5.41, 5.74) is 0. The highest BCUT2D eigenvalue weighted by molar-refractivity contribution is 9.09. The molecule has 3 atom stereocenters. The molecule has 2 heteroatoms. The Labute approximate surface area is 63.9 Å². The minimum Gasteiger partial charge on any atom is -0.377 e. The van der Waals surface area contributed by atoms with E-state index in [4.69, 9.17) is 4.74 Å². The minimum absolute atomic E-state index is 0.545. The molecular weight excluding hydrogens is 180 g/mol. The van der Waals surface area contributed by atoms with Crippen molar-refractivity contribution in [2.24, 2.45) is 5.92 Å². The van der Waals surface area contributed by atoms with Gasteiger partial charge in [0, 0.05) is 11.4 Å². The second kappa shape index (κ2) is 2.24. The minimum atomic E-state index is 0.545. The quantitative estimate of drug-likeness (QED) is 0.531. The standard InChI is InChI=1S/C7H11BrO/c8-6-2-1-5-3-7(6)9-4-5/h5-7H,1-4H2. The molecule has 2 rings (SSSR count). The first-order chi connectivity index (χ1) is 4.36. The number of hydrogen-bond acceptors (Lipinski definition) is 1. The fourth-order valence-corrected chi connectivity index (χ4v) is 2.39. The van der Waals surface area contributed by atoms with Crippen LogP contribution in [0.3, 0.4) is 0 Å². The van der Waals surface area contributed by atoms with Crippen molar-refractivity contribution < 1.29 is 4.74 Å². The summed E-state index contributed by atoms with van der Waals surface area (Å²) in [4.78, 5) is 0.649. The van der Waals surface area contributed by atoms with E-state index < -0.39 is 0 Å². The average molecular weight is 191 g/mol. The molecule has 1 aliphatic carbocycles. The molecule has 3 unspecified atom stereocenters. The molecule has 0 amide bonds. The van der Waals surface area contributed by atoms with E-state index in [1.54, 1.807) is 0 Å². The van der Waals surface area contributed by atoms with Gasteiger partial charge in [-0.3, -0.25) is 0 Å². The monoisotopic (exact) mass is 190 g/mol. The normalized spacial score (nSPS) is 49.7. The smallest absolute Gasteiger partial charge is 0.0703 e. The molecule has 2 bridgehead atoms. The van der Waals surface area contributed by atoms with E-state index in [0.717, 1.165) is 12.5 Å². The van der Waals surface area contributed by atoms with Gasteiger partial charge < -0.3 is 4.74 Å². The Bertz CT molecular complexity index is 115. The van der Waals surface area contributed by atoms with E-state index in [-0.39, 0.29) is 0 Å². The summed E-state index contributed by atoms with van der Waals surface area (Å²) < 4.78 is 5.54. The van der Waals surface area contributed by atoms with Gasteiger partial charge in [-0.25, -0.2) is 0 Å². The predicted molar refractivity (Wildman–Crippen MR) is 39.8 cm³/mol. The number of fused-ring (bicyclic) bond motifs is 2. The maximum absolute atomic E-state index is 5.54. The van der Waals surface area contributed by atoms with Crippen LogP contribution >= 0.6 is 15.9 Å². The topological polar surface area (TPSA) is 9.23 Å². The maximum Gasteiger partial charge on any atom is 0.0703 e. The molecule has 2 aliphatic rings. The summed E-state index contributed by atoms with van der Waals surface area (Å²) >= 11 is 3.62. The van der Waals surface area contributed by atoms with E-state index >= 15 is 0 Å². The van der Waals surface area contributed by atoms with Crippen LogP contribution in [0.1, 0.15) is 19.3 Å². The Kier molecular flexibility index (Phi) is 1.54. The van der Waals surface area contributed by atoms with Crippen molar-refractivity contribution in [1.29, 1.82) is 0 Å². The third-order valence-electron chi connectivity index (χ3n) is 2.37. The van der Waals surface area contributed by atoms with E-state index in [9.17, 15) is 0 Å². The molecule has 0 N–H and O–H groups in total. The fourth-order valence-electron chi connectivity index (χ4n) is 1.76. The Hall–Kier alpha value is 0.440. The molecule has 2 fully saturated rings. The van der Waals surface area contributed by atoms with Gasteiger partial charge in [0.25, 0.3) is 0 Å². The van der Waals surface area contributed by atoms with Gasteiger partial charge in [-0.15, -0.1) is 0 Å². The lowest BCUT2D eigenvalue weighted by Crippen LogP contribution is -2.23. The van der Waals surface area contributed by atoms with Crippen LogP contribution in [0, 0.1) is 5.92 Å². The predicted octanol–water partition coefficient (Wildman–Crippen LogP) is 1.95. The SMILES string of the molecule is BrC1CCC2COC1C2. The highest BCUT2D eigenvalue weighted by Crippen LogP contribution is 2.36. The fraction of sp³-hybridized carbons (Fsp3) is 1.00. The number of ether oxygens (including phenoxy) is 1. The van der Waals surface area contributed by atoms with Crippen LogP contribution in [0.4, 0.5) is 0 Å². The van der Waals surface area contributed by atoms with Crippen LogP contribution in [0.2, 0.25) is 0 Å². The van der Waals surface area contributed by atoms with Crippen molar-refractivity contribution in [2.75, 3.05) is 6.61 Å². The molecule has 9 heavy (non-hydrogen) atoms. The summed E-state index contributed by atoms with van der Waals surface area (Å²) in [7, 11) is 0. The maximum atomic E-state index is 5.54. The summed E-state index contributed by atoms with van der Waals surface area (Å²) in [6.45, 7) is 1.02. The lowest BCUT2D eigenvalue weighted by molar-refractivity contribution is 0.113. The Morgan fingerprint density at radius 2 is 2.22 bits per heavy atom. The molecular formula is C7H11BrO. The molecule has 1 heterocycles. The molecule has 1 aliphatic heterocycles. The van der Waals surface area contributed by atoms with Gasteiger partial charge in [0.1, 0.15) is 0 Å². The van der Waals surface area contributed by atoms with Gasteiger partial charge in [-0.05, 0) is 25.2 Å². The highest BCUT2D eigenvalue weighted by atomic mass is 79.9. The van der Waals surface area contributed by atoms with Crippen LogP contribution in [-0.2, 0) is 4.74 Å². The van der Waals surface area contributed by atoms with Gasteiger partial charge in [0.05, 0.1) is 6.10 Å². The third-order valence-corrected chi connectivity index (χ3v) is 3.41. The Morgan fingerprint density at radius 1 is 1.33 bits per heavy atom. The number of halogens is 1. The second-order valence-electron chi connectivity index (χ2n) is 3.07. The van der Waals surface area contributed by atoms with Crippen molar-refractivity contribution in [2.45, 2.75) is 30.2 Å². The zero-order valence-corrected chi connectivity index (χ0v) is 6.93. The van der Waals surface area contributed by atoms with Gasteiger partial charge in [-0.2, -0.15) is 0 Å². The summed E-state index contributed by atoms with van der Waals surface area (Å²) in [5, 5.41) is 0. The van der Waals surface area contributed by atoms with Gasteiger partial charge in [-0.1, -0.05) is 15.9 Å². The van der Waals surface area contributed by atoms with Crippen molar-refractivity contribution in [3.63, 3.8) is 0 Å². The van der Waals surface area contributed by atoms with Crippen LogP contribution in [0.5, 0.6) is 0 Å². The molecule has 0 aromatic rings. The second-order valence-corrected chi connectivity index (χ2v) is 4.24. The number of rotatable bonds is 0. The number of alkyl halides is 1. The van der Waals surface area contributed by atoms with Gasteiger partial charge >= 0.3 is 0 Å². The molecule has 1 saturated carbocycles. The van der Waals surface area contributed by atoms with Crippen LogP contribution < -0.4 is 0 Å². The third kappa shape index (κ3) is 1.03. The molecule has 0 aromatic carbocycles. The largest absolute Gasteiger partial charge is 0.377 e. The van der Waals surface area contributed by atoms with Crippen LogP contribution in [0.25, 0.3) is 0 Å². The van der Waals surface area contributed by atoms with Gasteiger partial charge in [0.15, 0.2) is 0 Å².